The maximum Gasteiger partial charge on any atom is 0.234 e. The lowest BCUT2D eigenvalue weighted by Gasteiger charge is -2.11. The van der Waals surface area contributed by atoms with Crippen molar-refractivity contribution in [3.8, 4) is 5.75 Å². The Labute approximate surface area is 146 Å². The number of thioether (sulfide) groups is 1. The molecule has 2 rings (SSSR count). The number of rotatable bonds is 8. The number of carbonyl (C=O) groups is 2. The van der Waals surface area contributed by atoms with E-state index < -0.39 is 0 Å². The molecule has 0 saturated heterocycles. The number of hydrogen-bond donors (Lipinski definition) is 1. The Morgan fingerprint density at radius 1 is 1.04 bits per heavy atom. The smallest absolute Gasteiger partial charge is 0.234 e. The van der Waals surface area contributed by atoms with Crippen LogP contribution in [-0.2, 0) is 4.79 Å². The molecule has 0 spiro atoms. The van der Waals surface area contributed by atoms with Gasteiger partial charge in [0.15, 0.2) is 5.78 Å². The molecule has 0 aliphatic carbocycles. The molecule has 0 atom stereocenters. The monoisotopic (exact) mass is 343 g/mol. The summed E-state index contributed by atoms with van der Waals surface area (Å²) in [5.41, 5.74) is 2.44. The molecule has 0 saturated carbocycles. The molecule has 2 aromatic rings. The van der Waals surface area contributed by atoms with Gasteiger partial charge in [0.25, 0.3) is 0 Å². The van der Waals surface area contributed by atoms with Gasteiger partial charge in [-0.25, -0.2) is 0 Å². The first-order valence-corrected chi connectivity index (χ1v) is 8.95. The summed E-state index contributed by atoms with van der Waals surface area (Å²) >= 11 is 1.30. The Bertz CT molecular complexity index is 698. The van der Waals surface area contributed by atoms with Gasteiger partial charge in [-0.3, -0.25) is 9.59 Å². The van der Waals surface area contributed by atoms with Crippen molar-refractivity contribution in [3.63, 3.8) is 0 Å². The van der Waals surface area contributed by atoms with Crippen LogP contribution in [0.2, 0.25) is 0 Å². The van der Waals surface area contributed by atoms with Crippen molar-refractivity contribution in [2.45, 2.75) is 13.8 Å². The molecule has 1 N–H and O–H groups in total. The summed E-state index contributed by atoms with van der Waals surface area (Å²) in [6.45, 7) is 4.41. The van der Waals surface area contributed by atoms with Gasteiger partial charge in [-0.15, -0.1) is 11.8 Å². The van der Waals surface area contributed by atoms with Crippen LogP contribution in [0.25, 0.3) is 0 Å². The van der Waals surface area contributed by atoms with Crippen LogP contribution < -0.4 is 10.1 Å². The number of anilines is 1. The normalized spacial score (nSPS) is 10.2. The summed E-state index contributed by atoms with van der Waals surface area (Å²) < 4.78 is 5.47. The molecule has 0 heterocycles. The summed E-state index contributed by atoms with van der Waals surface area (Å²) in [4.78, 5) is 24.1. The molecule has 0 aliphatic heterocycles. The third kappa shape index (κ3) is 5.42. The summed E-state index contributed by atoms with van der Waals surface area (Å²) in [5, 5.41) is 2.82. The number of aryl methyl sites for hydroxylation is 1. The van der Waals surface area contributed by atoms with Crippen molar-refractivity contribution in [2.75, 3.05) is 23.4 Å². The Balaban J connectivity index is 1.81. The van der Waals surface area contributed by atoms with Gasteiger partial charge in [-0.05, 0) is 26.0 Å². The van der Waals surface area contributed by atoms with Gasteiger partial charge >= 0.3 is 0 Å². The lowest BCUT2D eigenvalue weighted by Crippen LogP contribution is -2.16. The lowest BCUT2D eigenvalue weighted by atomic mass is 10.1. The molecule has 4 nitrogen and oxygen atoms in total. The molecular weight excluding hydrogens is 322 g/mol. The van der Waals surface area contributed by atoms with E-state index in [4.69, 9.17) is 4.74 Å². The van der Waals surface area contributed by atoms with Crippen LogP contribution in [0.4, 0.5) is 5.69 Å². The van der Waals surface area contributed by atoms with Crippen molar-refractivity contribution in [3.05, 3.63) is 59.7 Å². The fourth-order valence-electron chi connectivity index (χ4n) is 2.10. The van der Waals surface area contributed by atoms with E-state index in [0.717, 1.165) is 5.56 Å². The van der Waals surface area contributed by atoms with E-state index in [1.165, 1.54) is 11.8 Å². The zero-order valence-electron chi connectivity index (χ0n) is 13.9. The SMILES string of the molecule is CCOc1ccccc1NC(=O)CSCC(=O)c1ccc(C)cc1. The number of Topliss-reactive ketones (excluding diaryl/α,β-unsaturated/α-hetero) is 1. The van der Waals surface area contributed by atoms with Crippen molar-refractivity contribution in [2.24, 2.45) is 0 Å². The van der Waals surface area contributed by atoms with E-state index in [9.17, 15) is 9.59 Å². The number of amides is 1. The minimum Gasteiger partial charge on any atom is -0.492 e. The van der Waals surface area contributed by atoms with Gasteiger partial charge in [-0.2, -0.15) is 0 Å². The lowest BCUT2D eigenvalue weighted by molar-refractivity contribution is -0.113. The van der Waals surface area contributed by atoms with E-state index in [0.29, 0.717) is 23.6 Å². The number of carbonyl (C=O) groups excluding carboxylic acids is 2. The fraction of sp³-hybridized carbons (Fsp3) is 0.263. The summed E-state index contributed by atoms with van der Waals surface area (Å²) in [7, 11) is 0. The van der Waals surface area contributed by atoms with Crippen LogP contribution in [0.3, 0.4) is 0 Å². The van der Waals surface area contributed by atoms with E-state index in [1.807, 2.05) is 56.3 Å². The van der Waals surface area contributed by atoms with Crippen LogP contribution in [0, 0.1) is 6.92 Å². The highest BCUT2D eigenvalue weighted by molar-refractivity contribution is 8.00. The van der Waals surface area contributed by atoms with Gasteiger partial charge in [0.05, 0.1) is 23.8 Å². The van der Waals surface area contributed by atoms with Crippen molar-refractivity contribution in [1.29, 1.82) is 0 Å². The van der Waals surface area contributed by atoms with Gasteiger partial charge in [0.2, 0.25) is 5.91 Å². The second-order valence-corrected chi connectivity index (χ2v) is 6.24. The fourth-order valence-corrected chi connectivity index (χ4v) is 2.81. The van der Waals surface area contributed by atoms with Crippen LogP contribution in [0.5, 0.6) is 5.75 Å². The zero-order chi connectivity index (χ0) is 17.4. The first kappa shape index (κ1) is 18.1. The number of ketones is 1. The third-order valence-electron chi connectivity index (χ3n) is 3.30. The maximum atomic E-state index is 12.1. The number of nitrogens with one attached hydrogen (secondary N) is 1. The largest absolute Gasteiger partial charge is 0.492 e. The van der Waals surface area contributed by atoms with Crippen LogP contribution in [0.1, 0.15) is 22.8 Å². The molecule has 0 radical (unpaired) electrons. The molecule has 0 aliphatic rings. The second-order valence-electron chi connectivity index (χ2n) is 5.26. The molecular formula is C19H21NO3S. The van der Waals surface area contributed by atoms with Gasteiger partial charge in [0.1, 0.15) is 5.75 Å². The van der Waals surface area contributed by atoms with Gasteiger partial charge < -0.3 is 10.1 Å². The van der Waals surface area contributed by atoms with Crippen LogP contribution >= 0.6 is 11.8 Å². The number of hydrogen-bond acceptors (Lipinski definition) is 4. The molecule has 0 aromatic heterocycles. The highest BCUT2D eigenvalue weighted by Gasteiger charge is 2.10. The quantitative estimate of drug-likeness (QED) is 0.738. The standard InChI is InChI=1S/C19H21NO3S/c1-3-23-18-7-5-4-6-16(18)20-19(22)13-24-12-17(21)15-10-8-14(2)9-11-15/h4-11H,3,12-13H2,1-2H3,(H,20,22). The average Bonchev–Trinajstić information content (AvgIpc) is 2.57. The highest BCUT2D eigenvalue weighted by Crippen LogP contribution is 2.23. The van der Waals surface area contributed by atoms with Gasteiger partial charge in [0, 0.05) is 5.56 Å². The highest BCUT2D eigenvalue weighted by atomic mass is 32.2. The number of benzene rings is 2. The van der Waals surface area contributed by atoms with Crippen molar-refractivity contribution < 1.29 is 14.3 Å². The van der Waals surface area contributed by atoms with Crippen molar-refractivity contribution in [1.82, 2.24) is 0 Å². The van der Waals surface area contributed by atoms with E-state index in [-0.39, 0.29) is 23.2 Å². The number of ether oxygens (including phenoxy) is 1. The summed E-state index contributed by atoms with van der Waals surface area (Å²) in [6, 6.07) is 14.8. The minimum absolute atomic E-state index is 0.0301. The third-order valence-corrected chi connectivity index (χ3v) is 4.23. The average molecular weight is 343 g/mol. The van der Waals surface area contributed by atoms with Crippen LogP contribution in [0.15, 0.2) is 48.5 Å². The predicted molar refractivity (Wildman–Crippen MR) is 99.1 cm³/mol. The molecule has 126 valence electrons. The van der Waals surface area contributed by atoms with E-state index in [1.54, 1.807) is 6.07 Å². The summed E-state index contributed by atoms with van der Waals surface area (Å²) in [6.07, 6.45) is 0. The Kier molecular flexibility index (Phi) is 6.88. The molecule has 2 aromatic carbocycles. The predicted octanol–water partition coefficient (Wildman–Crippen LogP) is 3.95. The molecule has 5 heteroatoms. The topological polar surface area (TPSA) is 55.4 Å². The summed E-state index contributed by atoms with van der Waals surface area (Å²) in [5.74, 6) is 1.03. The van der Waals surface area contributed by atoms with E-state index in [2.05, 4.69) is 5.32 Å². The molecule has 24 heavy (non-hydrogen) atoms. The van der Waals surface area contributed by atoms with E-state index >= 15 is 0 Å². The Morgan fingerprint density at radius 2 is 1.75 bits per heavy atom. The molecule has 1 amide bonds. The zero-order valence-corrected chi connectivity index (χ0v) is 14.7. The first-order valence-electron chi connectivity index (χ1n) is 7.79. The van der Waals surface area contributed by atoms with Crippen LogP contribution in [-0.4, -0.2) is 29.8 Å². The Morgan fingerprint density at radius 3 is 2.46 bits per heavy atom. The minimum atomic E-state index is -0.149. The van der Waals surface area contributed by atoms with Crippen molar-refractivity contribution >= 4 is 29.1 Å². The Hall–Kier alpha value is -2.27. The number of para-hydroxylation sites is 2. The molecule has 0 bridgehead atoms. The molecule has 0 unspecified atom stereocenters. The first-order chi connectivity index (χ1) is 11.6. The second kappa shape index (κ2) is 9.13. The maximum absolute atomic E-state index is 12.1. The van der Waals surface area contributed by atoms with Gasteiger partial charge in [-0.1, -0.05) is 42.0 Å². The molecule has 0 fully saturated rings.